The summed E-state index contributed by atoms with van der Waals surface area (Å²) in [5, 5.41) is 1.25. The topological polar surface area (TPSA) is 41.9 Å². The molecule has 0 amide bonds. The van der Waals surface area contributed by atoms with Crippen LogP contribution < -0.4 is 0 Å². The van der Waals surface area contributed by atoms with E-state index in [0.29, 0.717) is 15.9 Å². The van der Waals surface area contributed by atoms with Gasteiger partial charge in [-0.3, -0.25) is 4.79 Å². The van der Waals surface area contributed by atoms with Crippen molar-refractivity contribution in [1.82, 2.24) is 4.90 Å². The number of esters is 1. The zero-order chi connectivity index (χ0) is 20.4. The van der Waals surface area contributed by atoms with E-state index in [-0.39, 0.29) is 18.6 Å². The lowest BCUT2D eigenvalue weighted by atomic mass is 9.93. The van der Waals surface area contributed by atoms with Gasteiger partial charge in [0.1, 0.15) is 12.4 Å². The molecule has 146 valence electrons. The largest absolute Gasteiger partial charge is 0.468 e. The number of carbonyl (C=O) groups excluding carboxylic acids is 1. The van der Waals surface area contributed by atoms with Gasteiger partial charge in [-0.05, 0) is 48.0 Å². The Morgan fingerprint density at radius 3 is 2.38 bits per heavy atom. The number of hydrogen-bond acceptors (Lipinski definition) is 4. The zero-order valence-corrected chi connectivity index (χ0v) is 17.2. The minimum absolute atomic E-state index is 0.0451. The van der Waals surface area contributed by atoms with Gasteiger partial charge in [0.2, 0.25) is 0 Å². The third kappa shape index (κ3) is 4.00. The lowest BCUT2D eigenvalue weighted by Crippen LogP contribution is -2.42. The molecule has 0 aliphatic carbocycles. The van der Waals surface area contributed by atoms with E-state index in [1.807, 2.05) is 77.7 Å². The maximum atomic E-state index is 12.3. The van der Waals surface area contributed by atoms with E-state index in [0.717, 1.165) is 22.4 Å². The number of nitrogens with zero attached hydrogens (tertiary/aromatic N) is 2. The van der Waals surface area contributed by atoms with Crippen LogP contribution in [0.5, 0.6) is 0 Å². The van der Waals surface area contributed by atoms with Crippen LogP contribution in [0.2, 0.25) is 10.0 Å². The smallest absolute Gasteiger partial charge is 0.325 e. The van der Waals surface area contributed by atoms with Crippen LogP contribution in [-0.2, 0) is 9.53 Å². The van der Waals surface area contributed by atoms with Crippen molar-refractivity contribution in [2.24, 2.45) is 4.99 Å². The summed E-state index contributed by atoms with van der Waals surface area (Å²) in [6.45, 7) is 0.0451. The van der Waals surface area contributed by atoms with Gasteiger partial charge in [-0.1, -0.05) is 53.5 Å². The summed E-state index contributed by atoms with van der Waals surface area (Å²) in [7, 11) is 1.38. The van der Waals surface area contributed by atoms with Crippen LogP contribution in [0.3, 0.4) is 0 Å². The average molecular weight is 425 g/mol. The minimum Gasteiger partial charge on any atom is -0.468 e. The number of benzene rings is 3. The normalized spacial score (nSPS) is 15.5. The van der Waals surface area contributed by atoms with Crippen LogP contribution in [0, 0.1) is 0 Å². The molecule has 0 spiro atoms. The van der Waals surface area contributed by atoms with Gasteiger partial charge in [-0.2, -0.15) is 0 Å². The summed E-state index contributed by atoms with van der Waals surface area (Å²) in [5.41, 5.74) is 3.64. The monoisotopic (exact) mass is 424 g/mol. The lowest BCUT2D eigenvalue weighted by Gasteiger charge is -2.38. The Morgan fingerprint density at radius 2 is 1.69 bits per heavy atom. The molecule has 1 atom stereocenters. The van der Waals surface area contributed by atoms with Crippen LogP contribution in [0.25, 0.3) is 0 Å². The Bertz CT molecular complexity index is 1070. The van der Waals surface area contributed by atoms with E-state index in [9.17, 15) is 4.79 Å². The molecule has 0 aromatic heterocycles. The highest BCUT2D eigenvalue weighted by atomic mass is 35.5. The molecular weight excluding hydrogens is 407 g/mol. The van der Waals surface area contributed by atoms with Gasteiger partial charge in [0.15, 0.2) is 0 Å². The summed E-state index contributed by atoms with van der Waals surface area (Å²) >= 11 is 12.4. The van der Waals surface area contributed by atoms with E-state index in [1.54, 1.807) is 0 Å². The fourth-order valence-electron chi connectivity index (χ4n) is 3.51. The Labute approximate surface area is 179 Å². The summed E-state index contributed by atoms with van der Waals surface area (Å²) in [5.74, 6) is 0.328. The first-order chi connectivity index (χ1) is 14.1. The maximum absolute atomic E-state index is 12.3. The van der Waals surface area contributed by atoms with Gasteiger partial charge < -0.3 is 9.64 Å². The standard InChI is InChI=1S/C23H18Cl2N2O2/c1-29-21(28)14-27-22(15-5-3-2-4-6-15)19-13-18(25)11-12-20(19)26-23(27)16-7-9-17(24)10-8-16/h2-13,22H,14H2,1H3/t22-/m1/s1. The van der Waals surface area contributed by atoms with Gasteiger partial charge in [-0.15, -0.1) is 0 Å². The van der Waals surface area contributed by atoms with Crippen molar-refractivity contribution in [3.8, 4) is 0 Å². The molecule has 0 bridgehead atoms. The van der Waals surface area contributed by atoms with Gasteiger partial charge in [0, 0.05) is 21.2 Å². The van der Waals surface area contributed by atoms with Crippen molar-refractivity contribution in [3.63, 3.8) is 0 Å². The zero-order valence-electron chi connectivity index (χ0n) is 15.7. The van der Waals surface area contributed by atoms with Crippen molar-refractivity contribution >= 4 is 40.7 Å². The van der Waals surface area contributed by atoms with Crippen molar-refractivity contribution < 1.29 is 9.53 Å². The second kappa shape index (κ2) is 8.27. The fourth-order valence-corrected chi connectivity index (χ4v) is 3.82. The van der Waals surface area contributed by atoms with E-state index in [2.05, 4.69) is 0 Å². The van der Waals surface area contributed by atoms with E-state index >= 15 is 0 Å². The van der Waals surface area contributed by atoms with Crippen LogP contribution >= 0.6 is 23.2 Å². The minimum atomic E-state index is -0.349. The van der Waals surface area contributed by atoms with Crippen LogP contribution in [-0.4, -0.2) is 30.4 Å². The highest BCUT2D eigenvalue weighted by Gasteiger charge is 2.33. The van der Waals surface area contributed by atoms with Crippen molar-refractivity contribution in [3.05, 3.63) is 99.5 Å². The number of amidine groups is 1. The number of hydrogen-bond donors (Lipinski definition) is 0. The van der Waals surface area contributed by atoms with Crippen LogP contribution in [0.1, 0.15) is 22.7 Å². The number of methoxy groups -OCH3 is 1. The third-order valence-corrected chi connectivity index (χ3v) is 5.33. The van der Waals surface area contributed by atoms with Gasteiger partial charge in [0.25, 0.3) is 0 Å². The molecule has 0 unspecified atom stereocenters. The molecule has 3 aromatic rings. The van der Waals surface area contributed by atoms with E-state index < -0.39 is 0 Å². The molecule has 29 heavy (non-hydrogen) atoms. The predicted molar refractivity (Wildman–Crippen MR) is 116 cm³/mol. The van der Waals surface area contributed by atoms with Crippen LogP contribution in [0.4, 0.5) is 5.69 Å². The Morgan fingerprint density at radius 1 is 1.00 bits per heavy atom. The molecule has 0 fully saturated rings. The summed E-state index contributed by atoms with van der Waals surface area (Å²) < 4.78 is 4.97. The van der Waals surface area contributed by atoms with Gasteiger partial charge in [0.05, 0.1) is 18.8 Å². The highest BCUT2D eigenvalue weighted by Crippen LogP contribution is 2.41. The average Bonchev–Trinajstić information content (AvgIpc) is 2.74. The second-order valence-electron chi connectivity index (χ2n) is 6.66. The summed E-state index contributed by atoms with van der Waals surface area (Å²) in [6, 6.07) is 22.8. The SMILES string of the molecule is COC(=O)CN1C(c2ccc(Cl)cc2)=Nc2ccc(Cl)cc2[C@H]1c1ccccc1. The predicted octanol–water partition coefficient (Wildman–Crippen LogP) is 5.65. The molecule has 4 nitrogen and oxygen atoms in total. The molecule has 4 rings (SSSR count). The van der Waals surface area contributed by atoms with E-state index in [1.165, 1.54) is 7.11 Å². The van der Waals surface area contributed by atoms with Crippen molar-refractivity contribution in [2.45, 2.75) is 6.04 Å². The van der Waals surface area contributed by atoms with Crippen LogP contribution in [0.15, 0.2) is 77.8 Å². The molecule has 0 N–H and O–H groups in total. The number of carbonyl (C=O) groups is 1. The van der Waals surface area contributed by atoms with E-state index in [4.69, 9.17) is 32.9 Å². The molecule has 1 heterocycles. The first kappa shape index (κ1) is 19.5. The molecule has 0 radical (unpaired) electrons. The highest BCUT2D eigenvalue weighted by molar-refractivity contribution is 6.31. The number of aliphatic imine (C=N–C) groups is 1. The Hall–Kier alpha value is -2.82. The Balaban J connectivity index is 1.94. The van der Waals surface area contributed by atoms with Gasteiger partial charge >= 0.3 is 5.97 Å². The molecule has 6 heteroatoms. The van der Waals surface area contributed by atoms with Crippen molar-refractivity contribution in [1.29, 1.82) is 0 Å². The molecule has 0 saturated heterocycles. The second-order valence-corrected chi connectivity index (χ2v) is 7.54. The molecule has 0 saturated carbocycles. The fraction of sp³-hybridized carbons (Fsp3) is 0.130. The quantitative estimate of drug-likeness (QED) is 0.508. The summed E-state index contributed by atoms with van der Waals surface area (Å²) in [6.07, 6.45) is 0. The maximum Gasteiger partial charge on any atom is 0.325 e. The van der Waals surface area contributed by atoms with Crippen molar-refractivity contribution in [2.75, 3.05) is 13.7 Å². The number of fused-ring (bicyclic) bond motifs is 1. The number of halogens is 2. The molecule has 1 aliphatic heterocycles. The third-order valence-electron chi connectivity index (χ3n) is 4.84. The molecule has 1 aliphatic rings. The number of ether oxygens (including phenoxy) is 1. The lowest BCUT2D eigenvalue weighted by molar-refractivity contribution is -0.141. The number of rotatable bonds is 4. The molecule has 3 aromatic carbocycles. The molecular formula is C23H18Cl2N2O2. The first-order valence-corrected chi connectivity index (χ1v) is 9.85. The van der Waals surface area contributed by atoms with Gasteiger partial charge in [-0.25, -0.2) is 4.99 Å². The Kier molecular flexibility index (Phi) is 5.56. The first-order valence-electron chi connectivity index (χ1n) is 9.09. The summed E-state index contributed by atoms with van der Waals surface area (Å²) in [4.78, 5) is 19.1.